The number of halogens is 2. The summed E-state index contributed by atoms with van der Waals surface area (Å²) in [6.07, 6.45) is 0. The number of anilines is 2. The second-order valence-electron chi connectivity index (χ2n) is 4.04. The molecule has 1 amide bonds. The quantitative estimate of drug-likeness (QED) is 0.606. The lowest BCUT2D eigenvalue weighted by atomic mass is 10.2. The van der Waals surface area contributed by atoms with Crippen molar-refractivity contribution in [2.24, 2.45) is 0 Å². The van der Waals surface area contributed by atoms with Crippen molar-refractivity contribution in [2.75, 3.05) is 18.2 Å². The van der Waals surface area contributed by atoms with Crippen molar-refractivity contribution >= 4 is 51.5 Å². The number of hydrogen-bond donors (Lipinski definition) is 2. The normalized spacial score (nSPS) is 10.2. The minimum atomic E-state index is -0.243. The maximum absolute atomic E-state index is 12.1. The van der Waals surface area contributed by atoms with Gasteiger partial charge in [-0.1, -0.05) is 11.6 Å². The van der Waals surface area contributed by atoms with Crippen LogP contribution in [0.15, 0.2) is 36.4 Å². The van der Waals surface area contributed by atoms with Crippen molar-refractivity contribution in [1.29, 1.82) is 0 Å². The van der Waals surface area contributed by atoms with E-state index in [1.54, 1.807) is 36.4 Å². The molecule has 0 atom stereocenters. The number of nitrogens with one attached hydrogen (secondary N) is 1. The van der Waals surface area contributed by atoms with Gasteiger partial charge in [-0.05, 0) is 59.0 Å². The molecule has 0 aliphatic rings. The molecule has 4 nitrogen and oxygen atoms in total. The van der Waals surface area contributed by atoms with Crippen LogP contribution in [0, 0.1) is 3.57 Å². The van der Waals surface area contributed by atoms with Gasteiger partial charge >= 0.3 is 0 Å². The van der Waals surface area contributed by atoms with Crippen LogP contribution in [0.25, 0.3) is 0 Å². The maximum atomic E-state index is 12.1. The summed E-state index contributed by atoms with van der Waals surface area (Å²) in [7, 11) is 1.54. The van der Waals surface area contributed by atoms with E-state index in [4.69, 9.17) is 22.1 Å². The number of carbonyl (C=O) groups excluding carboxylic acids is 1. The van der Waals surface area contributed by atoms with Crippen molar-refractivity contribution < 1.29 is 9.53 Å². The van der Waals surface area contributed by atoms with Crippen molar-refractivity contribution in [2.45, 2.75) is 0 Å². The van der Waals surface area contributed by atoms with Gasteiger partial charge in [0.05, 0.1) is 17.8 Å². The number of rotatable bonds is 3. The zero-order valence-electron chi connectivity index (χ0n) is 10.6. The summed E-state index contributed by atoms with van der Waals surface area (Å²) in [5.41, 5.74) is 7.35. The minimum Gasteiger partial charge on any atom is -0.495 e. The second-order valence-corrected chi connectivity index (χ2v) is 5.61. The monoisotopic (exact) mass is 402 g/mol. The predicted octanol–water partition coefficient (Wildman–Crippen LogP) is 3.79. The Morgan fingerprint density at radius 1 is 1.30 bits per heavy atom. The van der Waals surface area contributed by atoms with Gasteiger partial charge in [-0.25, -0.2) is 0 Å². The molecule has 0 saturated carbocycles. The van der Waals surface area contributed by atoms with Gasteiger partial charge < -0.3 is 15.8 Å². The van der Waals surface area contributed by atoms with Crippen molar-refractivity contribution in [1.82, 2.24) is 0 Å². The van der Waals surface area contributed by atoms with E-state index < -0.39 is 0 Å². The summed E-state index contributed by atoms with van der Waals surface area (Å²) < 4.78 is 5.96. The topological polar surface area (TPSA) is 64.3 Å². The van der Waals surface area contributed by atoms with E-state index in [2.05, 4.69) is 27.9 Å². The predicted molar refractivity (Wildman–Crippen MR) is 89.5 cm³/mol. The van der Waals surface area contributed by atoms with E-state index >= 15 is 0 Å². The molecule has 0 radical (unpaired) electrons. The molecular weight excluding hydrogens is 391 g/mol. The number of methoxy groups -OCH3 is 1. The molecule has 2 aromatic carbocycles. The number of carbonyl (C=O) groups is 1. The van der Waals surface area contributed by atoms with Crippen LogP contribution in [0.1, 0.15) is 10.4 Å². The SMILES string of the molecule is COc1ccc(NC(=O)c2ccc(I)c(Cl)c2)cc1N. The Kier molecular flexibility index (Phi) is 4.72. The number of ether oxygens (including phenoxy) is 1. The Labute approximate surface area is 135 Å². The summed E-state index contributed by atoms with van der Waals surface area (Å²) in [6, 6.07) is 10.2. The minimum absolute atomic E-state index is 0.243. The molecule has 0 aliphatic carbocycles. The van der Waals surface area contributed by atoms with Crippen molar-refractivity contribution in [3.05, 3.63) is 50.6 Å². The lowest BCUT2D eigenvalue weighted by molar-refractivity contribution is 0.102. The van der Waals surface area contributed by atoms with Gasteiger partial charge in [-0.2, -0.15) is 0 Å². The molecule has 0 aliphatic heterocycles. The molecule has 3 N–H and O–H groups in total. The van der Waals surface area contributed by atoms with Crippen LogP contribution in [0.5, 0.6) is 5.75 Å². The smallest absolute Gasteiger partial charge is 0.255 e. The molecule has 6 heteroatoms. The average molecular weight is 403 g/mol. The molecule has 0 fully saturated rings. The molecule has 2 rings (SSSR count). The fraction of sp³-hybridized carbons (Fsp3) is 0.0714. The van der Waals surface area contributed by atoms with E-state index in [1.807, 2.05) is 0 Å². The van der Waals surface area contributed by atoms with Crippen molar-refractivity contribution in [3.63, 3.8) is 0 Å². The Morgan fingerprint density at radius 2 is 2.05 bits per heavy atom. The third-order valence-electron chi connectivity index (χ3n) is 2.67. The van der Waals surface area contributed by atoms with Crippen LogP contribution in [0.4, 0.5) is 11.4 Å². The highest BCUT2D eigenvalue weighted by molar-refractivity contribution is 14.1. The van der Waals surface area contributed by atoms with Crippen LogP contribution in [0.3, 0.4) is 0 Å². The Morgan fingerprint density at radius 3 is 2.65 bits per heavy atom. The first-order chi connectivity index (χ1) is 9.51. The van der Waals surface area contributed by atoms with Gasteiger partial charge in [-0.3, -0.25) is 4.79 Å². The number of amides is 1. The second kappa shape index (κ2) is 6.32. The van der Waals surface area contributed by atoms with Gasteiger partial charge in [0.15, 0.2) is 0 Å². The van der Waals surface area contributed by atoms with E-state index in [0.717, 1.165) is 3.57 Å². The summed E-state index contributed by atoms with van der Waals surface area (Å²) in [5.74, 6) is 0.327. The highest BCUT2D eigenvalue weighted by Gasteiger charge is 2.09. The largest absolute Gasteiger partial charge is 0.495 e. The van der Waals surface area contributed by atoms with Crippen LogP contribution in [-0.2, 0) is 0 Å². The Balaban J connectivity index is 2.19. The van der Waals surface area contributed by atoms with Gasteiger partial charge in [0.2, 0.25) is 0 Å². The number of hydrogen-bond acceptors (Lipinski definition) is 3. The fourth-order valence-electron chi connectivity index (χ4n) is 1.65. The van der Waals surface area contributed by atoms with Crippen LogP contribution in [0.2, 0.25) is 5.02 Å². The zero-order valence-corrected chi connectivity index (χ0v) is 13.5. The third-order valence-corrected chi connectivity index (χ3v) is 4.24. The zero-order chi connectivity index (χ0) is 14.7. The fourth-order valence-corrected chi connectivity index (χ4v) is 2.17. The van der Waals surface area contributed by atoms with Gasteiger partial charge in [-0.15, -0.1) is 0 Å². The van der Waals surface area contributed by atoms with Gasteiger partial charge in [0.1, 0.15) is 5.75 Å². The Bertz CT molecular complexity index is 662. The van der Waals surface area contributed by atoms with Crippen molar-refractivity contribution in [3.8, 4) is 5.75 Å². The molecule has 0 unspecified atom stereocenters. The molecule has 20 heavy (non-hydrogen) atoms. The summed E-state index contributed by atoms with van der Waals surface area (Å²) >= 11 is 8.11. The van der Waals surface area contributed by atoms with E-state index in [-0.39, 0.29) is 5.91 Å². The van der Waals surface area contributed by atoms with Gasteiger partial charge in [0, 0.05) is 14.8 Å². The van der Waals surface area contributed by atoms with Crippen LogP contribution in [-0.4, -0.2) is 13.0 Å². The first kappa shape index (κ1) is 14.9. The molecular formula is C14H12ClIN2O2. The lowest BCUT2D eigenvalue weighted by Gasteiger charge is -2.09. The van der Waals surface area contributed by atoms with Gasteiger partial charge in [0.25, 0.3) is 5.91 Å². The van der Waals surface area contributed by atoms with E-state index in [1.165, 1.54) is 7.11 Å². The highest BCUT2D eigenvalue weighted by Crippen LogP contribution is 2.25. The Hall–Kier alpha value is -1.47. The lowest BCUT2D eigenvalue weighted by Crippen LogP contribution is -2.12. The highest BCUT2D eigenvalue weighted by atomic mass is 127. The summed E-state index contributed by atoms with van der Waals surface area (Å²) in [5, 5.41) is 3.31. The molecule has 104 valence electrons. The molecule has 2 aromatic rings. The number of nitrogen functional groups attached to an aromatic ring is 1. The standard InChI is InChI=1S/C14H12ClIN2O2/c1-20-13-5-3-9(7-12(13)17)18-14(19)8-2-4-11(16)10(15)6-8/h2-7H,17H2,1H3,(H,18,19). The first-order valence-corrected chi connectivity index (χ1v) is 7.17. The van der Waals surface area contributed by atoms with Crippen LogP contribution < -0.4 is 15.8 Å². The molecule has 0 saturated heterocycles. The molecule has 0 bridgehead atoms. The molecule has 0 heterocycles. The van der Waals surface area contributed by atoms with E-state index in [0.29, 0.717) is 27.7 Å². The summed E-state index contributed by atoms with van der Waals surface area (Å²) in [4.78, 5) is 12.1. The number of nitrogens with two attached hydrogens (primary N) is 1. The molecule has 0 aromatic heterocycles. The maximum Gasteiger partial charge on any atom is 0.255 e. The first-order valence-electron chi connectivity index (χ1n) is 5.71. The van der Waals surface area contributed by atoms with E-state index in [9.17, 15) is 4.79 Å². The third kappa shape index (κ3) is 3.34. The molecule has 0 spiro atoms. The van der Waals surface area contributed by atoms with Crippen LogP contribution >= 0.6 is 34.2 Å². The summed E-state index contributed by atoms with van der Waals surface area (Å²) in [6.45, 7) is 0. The number of benzene rings is 2. The average Bonchev–Trinajstić information content (AvgIpc) is 2.42.